The summed E-state index contributed by atoms with van der Waals surface area (Å²) in [7, 11) is -3.63. The summed E-state index contributed by atoms with van der Waals surface area (Å²) in [6.07, 6.45) is 1.34. The van der Waals surface area contributed by atoms with Crippen LogP contribution in [0, 0.1) is 6.92 Å². The number of aromatic nitrogens is 1. The zero-order valence-electron chi connectivity index (χ0n) is 10.2. The fourth-order valence-corrected chi connectivity index (χ4v) is 1.94. The van der Waals surface area contributed by atoms with E-state index in [2.05, 4.69) is 9.71 Å². The smallest absolute Gasteiger partial charge is 0.339 e. The van der Waals surface area contributed by atoms with Gasteiger partial charge in [-0.2, -0.15) is 0 Å². The molecule has 6 nitrogen and oxygen atoms in total. The summed E-state index contributed by atoms with van der Waals surface area (Å²) in [6, 6.07) is 0. The van der Waals surface area contributed by atoms with Crippen LogP contribution in [0.1, 0.15) is 36.8 Å². The first-order chi connectivity index (χ1) is 7.56. The Morgan fingerprint density at radius 1 is 1.41 bits per heavy atom. The number of sulfonamides is 1. The molecule has 0 saturated heterocycles. The quantitative estimate of drug-likeness (QED) is 0.768. The van der Waals surface area contributed by atoms with Gasteiger partial charge in [0.25, 0.3) is 0 Å². The van der Waals surface area contributed by atoms with E-state index in [9.17, 15) is 13.2 Å². The van der Waals surface area contributed by atoms with Crippen LogP contribution in [0.15, 0.2) is 6.20 Å². The number of rotatable bonds is 3. The Bertz CT molecular complexity index is 537. The van der Waals surface area contributed by atoms with Crippen LogP contribution < -0.4 is 4.72 Å². The molecular weight excluding hydrogens is 244 g/mol. The summed E-state index contributed by atoms with van der Waals surface area (Å²) in [5, 5.41) is 8.98. The molecule has 0 bridgehead atoms. The zero-order chi connectivity index (χ0) is 13.4. The average molecular weight is 260 g/mol. The summed E-state index contributed by atoms with van der Waals surface area (Å²) in [6.45, 7) is 6.18. The van der Waals surface area contributed by atoms with Crippen molar-refractivity contribution in [3.8, 4) is 0 Å². The summed E-state index contributed by atoms with van der Waals surface area (Å²) < 4.78 is 25.1. The van der Waals surface area contributed by atoms with Gasteiger partial charge in [0.05, 0.1) is 10.4 Å². The van der Waals surface area contributed by atoms with Crippen molar-refractivity contribution in [2.75, 3.05) is 4.72 Å². The highest BCUT2D eigenvalue weighted by molar-refractivity contribution is 7.94. The van der Waals surface area contributed by atoms with Crippen molar-refractivity contribution < 1.29 is 18.3 Å². The highest BCUT2D eigenvalue weighted by atomic mass is 32.2. The van der Waals surface area contributed by atoms with Crippen molar-refractivity contribution >= 4 is 21.7 Å². The lowest BCUT2D eigenvalue weighted by molar-refractivity contribution is 0.0697. The second kappa shape index (κ2) is 4.06. The molecule has 1 rings (SSSR count). The molecule has 0 aliphatic heterocycles. The summed E-state index contributed by atoms with van der Waals surface area (Å²) in [5.74, 6) is -1.17. The van der Waals surface area contributed by atoms with Crippen molar-refractivity contribution in [2.45, 2.75) is 32.4 Å². The fraction of sp³-hybridized carbons (Fsp3) is 0.500. The number of carbonyl (C=O) groups is 1. The number of carboxylic acids is 1. The molecule has 3 N–H and O–H groups in total. The van der Waals surface area contributed by atoms with Gasteiger partial charge < -0.3 is 10.1 Å². The molecule has 96 valence electrons. The molecule has 0 aromatic carbocycles. The number of nitrogens with one attached hydrogen (secondary N) is 2. The molecule has 1 aromatic heterocycles. The number of aromatic carboxylic acids is 1. The third-order valence-corrected chi connectivity index (χ3v) is 4.44. The zero-order valence-corrected chi connectivity index (χ0v) is 11.0. The van der Waals surface area contributed by atoms with Crippen LogP contribution in [-0.2, 0) is 10.0 Å². The van der Waals surface area contributed by atoms with Gasteiger partial charge in [-0.3, -0.25) is 4.72 Å². The van der Waals surface area contributed by atoms with Gasteiger partial charge in [0, 0.05) is 11.9 Å². The Morgan fingerprint density at radius 2 is 1.94 bits per heavy atom. The maximum Gasteiger partial charge on any atom is 0.339 e. The minimum Gasteiger partial charge on any atom is -0.478 e. The van der Waals surface area contributed by atoms with E-state index in [1.165, 1.54) is 27.0 Å². The molecule has 0 saturated carbocycles. The first-order valence-electron chi connectivity index (χ1n) is 5.00. The molecule has 0 aliphatic rings. The molecule has 0 radical (unpaired) electrons. The molecule has 1 heterocycles. The van der Waals surface area contributed by atoms with E-state index in [1.54, 1.807) is 6.92 Å². The highest BCUT2D eigenvalue weighted by Gasteiger charge is 2.30. The SMILES string of the molecule is Cc1[nH]cc(NS(=O)(=O)C(C)(C)C)c1C(=O)O. The van der Waals surface area contributed by atoms with Crippen LogP contribution in [-0.4, -0.2) is 29.2 Å². The van der Waals surface area contributed by atoms with Gasteiger partial charge >= 0.3 is 5.97 Å². The third kappa shape index (κ3) is 2.60. The van der Waals surface area contributed by atoms with Crippen LogP contribution in [0.25, 0.3) is 0 Å². The molecule has 0 fully saturated rings. The predicted octanol–water partition coefficient (Wildman–Crippen LogP) is 1.56. The first kappa shape index (κ1) is 13.6. The Labute approximate surface area is 100 Å². The number of anilines is 1. The van der Waals surface area contributed by atoms with Gasteiger partial charge in [-0.05, 0) is 27.7 Å². The Kier molecular flexibility index (Phi) is 3.24. The topological polar surface area (TPSA) is 99.3 Å². The number of hydrogen-bond acceptors (Lipinski definition) is 3. The molecule has 17 heavy (non-hydrogen) atoms. The minimum absolute atomic E-state index is 0.0576. The van der Waals surface area contributed by atoms with Crippen LogP contribution >= 0.6 is 0 Å². The Hall–Kier alpha value is -1.50. The second-order valence-corrected chi connectivity index (χ2v) is 7.16. The summed E-state index contributed by atoms with van der Waals surface area (Å²) in [5.41, 5.74) is 0.409. The molecule has 1 aromatic rings. The molecule has 0 atom stereocenters. The standard InChI is InChI=1S/C10H16N2O4S/c1-6-8(9(13)14)7(5-11-6)12-17(15,16)10(2,3)4/h5,11-12H,1-4H3,(H,13,14). The number of H-pyrrole nitrogens is 1. The van der Waals surface area contributed by atoms with E-state index in [0.717, 1.165) is 0 Å². The third-order valence-electron chi connectivity index (χ3n) is 2.34. The second-order valence-electron chi connectivity index (χ2n) is 4.73. The molecule has 0 unspecified atom stereocenters. The van der Waals surface area contributed by atoms with Gasteiger partial charge in [-0.25, -0.2) is 13.2 Å². The van der Waals surface area contributed by atoms with Crippen LogP contribution in [0.4, 0.5) is 5.69 Å². The number of hydrogen-bond donors (Lipinski definition) is 3. The molecule has 0 spiro atoms. The van der Waals surface area contributed by atoms with E-state index < -0.39 is 20.7 Å². The van der Waals surface area contributed by atoms with Crippen molar-refractivity contribution in [3.63, 3.8) is 0 Å². The van der Waals surface area contributed by atoms with Crippen molar-refractivity contribution in [3.05, 3.63) is 17.5 Å². The van der Waals surface area contributed by atoms with Crippen molar-refractivity contribution in [1.29, 1.82) is 0 Å². The van der Waals surface area contributed by atoms with E-state index in [-0.39, 0.29) is 11.3 Å². The largest absolute Gasteiger partial charge is 0.478 e. The van der Waals surface area contributed by atoms with Crippen LogP contribution in [0.5, 0.6) is 0 Å². The molecule has 7 heteroatoms. The summed E-state index contributed by atoms with van der Waals surface area (Å²) in [4.78, 5) is 13.7. The van der Waals surface area contributed by atoms with E-state index >= 15 is 0 Å². The van der Waals surface area contributed by atoms with Crippen LogP contribution in [0.2, 0.25) is 0 Å². The predicted molar refractivity (Wildman–Crippen MR) is 64.8 cm³/mol. The van der Waals surface area contributed by atoms with Gasteiger partial charge in [0.1, 0.15) is 5.56 Å². The maximum absolute atomic E-state index is 11.9. The lowest BCUT2D eigenvalue weighted by atomic mass is 10.2. The van der Waals surface area contributed by atoms with Gasteiger partial charge in [-0.15, -0.1) is 0 Å². The molecule has 0 amide bonds. The van der Waals surface area contributed by atoms with E-state index in [1.807, 2.05) is 0 Å². The lowest BCUT2D eigenvalue weighted by Crippen LogP contribution is -2.34. The number of aryl methyl sites for hydroxylation is 1. The monoisotopic (exact) mass is 260 g/mol. The Morgan fingerprint density at radius 3 is 2.35 bits per heavy atom. The average Bonchev–Trinajstić information content (AvgIpc) is 2.43. The highest BCUT2D eigenvalue weighted by Crippen LogP contribution is 2.24. The van der Waals surface area contributed by atoms with Crippen LogP contribution in [0.3, 0.4) is 0 Å². The fourth-order valence-electron chi connectivity index (χ4n) is 1.18. The molecule has 0 aliphatic carbocycles. The van der Waals surface area contributed by atoms with E-state index in [4.69, 9.17) is 5.11 Å². The molecular formula is C10H16N2O4S. The maximum atomic E-state index is 11.9. The van der Waals surface area contributed by atoms with E-state index in [0.29, 0.717) is 5.69 Å². The Balaban J connectivity index is 3.18. The van der Waals surface area contributed by atoms with Crippen molar-refractivity contribution in [1.82, 2.24) is 4.98 Å². The van der Waals surface area contributed by atoms with Gasteiger partial charge in [-0.1, -0.05) is 0 Å². The minimum atomic E-state index is -3.63. The van der Waals surface area contributed by atoms with Crippen molar-refractivity contribution in [2.24, 2.45) is 0 Å². The number of aromatic amines is 1. The summed E-state index contributed by atoms with van der Waals surface area (Å²) >= 11 is 0. The normalized spacial score (nSPS) is 12.5. The van der Waals surface area contributed by atoms with Gasteiger partial charge in [0.2, 0.25) is 10.0 Å². The van der Waals surface area contributed by atoms with Gasteiger partial charge in [0.15, 0.2) is 0 Å². The lowest BCUT2D eigenvalue weighted by Gasteiger charge is -2.20. The number of carboxylic acid groups (broad SMARTS) is 1. The first-order valence-corrected chi connectivity index (χ1v) is 6.48.